The number of hydrogen-bond acceptors (Lipinski definition) is 6. The summed E-state index contributed by atoms with van der Waals surface area (Å²) in [6.45, 7) is 14.5. The lowest BCUT2D eigenvalue weighted by molar-refractivity contribution is -0.137. The second-order valence-corrected chi connectivity index (χ2v) is 14.7. The Labute approximate surface area is 314 Å². The number of ether oxygens (including phenoxy) is 1. The van der Waals surface area contributed by atoms with Gasteiger partial charge in [0, 0.05) is 59.3 Å². The van der Waals surface area contributed by atoms with Crippen LogP contribution in [0, 0.1) is 12.7 Å². The summed E-state index contributed by atoms with van der Waals surface area (Å²) in [6, 6.07) is 12.4. The van der Waals surface area contributed by atoms with Crippen molar-refractivity contribution in [2.45, 2.75) is 116 Å². The zero-order valence-electron chi connectivity index (χ0n) is 31.7. The van der Waals surface area contributed by atoms with E-state index in [1.54, 1.807) is 6.20 Å². The maximum atomic E-state index is 16.5. The van der Waals surface area contributed by atoms with Crippen molar-refractivity contribution < 1.29 is 19.0 Å². The van der Waals surface area contributed by atoms with Crippen LogP contribution in [0.4, 0.5) is 4.39 Å². The average molecular weight is 734 g/mol. The molecule has 4 saturated heterocycles. The van der Waals surface area contributed by atoms with Gasteiger partial charge in [0.15, 0.2) is 5.82 Å². The molecule has 0 aliphatic carbocycles. The number of hydrogen-bond donors (Lipinski definition) is 2. The first kappa shape index (κ1) is 39.7. The van der Waals surface area contributed by atoms with Gasteiger partial charge in [0.25, 0.3) is 0 Å². The molecular formula is C42H57ClFN5O3. The third kappa shape index (κ3) is 8.97. The number of rotatable bonds is 10. The van der Waals surface area contributed by atoms with Crippen LogP contribution in [0.3, 0.4) is 0 Å². The average Bonchev–Trinajstić information content (AvgIpc) is 3.84. The Hall–Kier alpha value is -3.53. The first-order chi connectivity index (χ1) is 25.2. The Morgan fingerprint density at radius 3 is 2.38 bits per heavy atom. The van der Waals surface area contributed by atoms with Crippen LogP contribution in [-0.2, 0) is 9.53 Å². The summed E-state index contributed by atoms with van der Waals surface area (Å²) in [5.41, 5.74) is 2.38. The van der Waals surface area contributed by atoms with Gasteiger partial charge in [-0.1, -0.05) is 76.0 Å². The Morgan fingerprint density at radius 1 is 1.10 bits per heavy atom. The number of amidine groups is 1. The highest BCUT2D eigenvalue weighted by Crippen LogP contribution is 2.40. The van der Waals surface area contributed by atoms with Gasteiger partial charge in [-0.3, -0.25) is 14.7 Å². The lowest BCUT2D eigenvalue weighted by Gasteiger charge is -2.36. The molecule has 2 aromatic carbocycles. The smallest absolute Gasteiger partial charge is 0.303 e. The van der Waals surface area contributed by atoms with Crippen molar-refractivity contribution in [3.05, 3.63) is 76.5 Å². The van der Waals surface area contributed by atoms with E-state index >= 15 is 4.39 Å². The molecule has 3 aromatic rings. The molecule has 0 amide bonds. The number of unbranched alkanes of at least 4 members (excludes halogenated alkanes) is 1. The summed E-state index contributed by atoms with van der Waals surface area (Å²) >= 11 is 6.62. The SMILES string of the molecule is CC.CCC/C=C(/N=C(\c1cnc(-c2cccc3cccc(Cl)c23)c(F)c1C)N1CC2CC[C@@H](C1)N2)OCC12CCCN1CCC2.CCCC(=O)O. The second-order valence-electron chi connectivity index (χ2n) is 14.3. The van der Waals surface area contributed by atoms with Crippen molar-refractivity contribution in [1.29, 1.82) is 0 Å². The quantitative estimate of drug-likeness (QED) is 0.122. The highest BCUT2D eigenvalue weighted by Gasteiger charge is 2.45. The number of nitrogens with zero attached hydrogens (tertiary/aromatic N) is 4. The van der Waals surface area contributed by atoms with E-state index in [4.69, 9.17) is 31.4 Å². The number of carboxylic acids is 1. The van der Waals surface area contributed by atoms with Crippen molar-refractivity contribution in [2.75, 3.05) is 32.8 Å². The van der Waals surface area contributed by atoms with Gasteiger partial charge in [0.2, 0.25) is 5.88 Å². The van der Waals surface area contributed by atoms with Gasteiger partial charge in [0.1, 0.15) is 18.1 Å². The van der Waals surface area contributed by atoms with E-state index in [1.807, 2.05) is 64.1 Å². The Bertz CT molecular complexity index is 1720. The molecular weight excluding hydrogens is 677 g/mol. The predicted octanol–water partition coefficient (Wildman–Crippen LogP) is 9.37. The molecule has 4 fully saturated rings. The van der Waals surface area contributed by atoms with Crippen LogP contribution >= 0.6 is 11.6 Å². The molecule has 1 aromatic heterocycles. The number of aliphatic carboxylic acids is 1. The molecule has 1 unspecified atom stereocenters. The number of benzene rings is 2. The van der Waals surface area contributed by atoms with E-state index in [1.165, 1.54) is 25.7 Å². The molecule has 4 aliphatic heterocycles. The standard InChI is InChI=1S/C36H43ClFN5O.C4H8O2.C2H6/c1-3-4-13-31(44-23-36-16-7-18-43(36)19-8-17-36)41-35(42-21-26-14-15-27(22-42)40-26)29-20-39-34(33(38)24(29)2)28-11-5-9-25-10-6-12-30(37)32(25)28;1-2-3-4(5)6;1-2/h5-6,9-13,20,26-27,40H,3-4,7-8,14-19,21-23H2,1-2H3;2-3H2,1H3,(H,5,6);1-2H3/b31-13-,41-35+;;/t26-,27?;;/m0../s1. The molecule has 5 heterocycles. The number of aliphatic imine (C=N–C) groups is 1. The van der Waals surface area contributed by atoms with Crippen molar-refractivity contribution in [1.82, 2.24) is 20.1 Å². The molecule has 282 valence electrons. The maximum Gasteiger partial charge on any atom is 0.303 e. The van der Waals surface area contributed by atoms with E-state index < -0.39 is 5.97 Å². The minimum atomic E-state index is -0.711. The van der Waals surface area contributed by atoms with Gasteiger partial charge in [-0.25, -0.2) is 4.39 Å². The highest BCUT2D eigenvalue weighted by atomic mass is 35.5. The van der Waals surface area contributed by atoms with Crippen LogP contribution < -0.4 is 5.32 Å². The Morgan fingerprint density at radius 2 is 1.77 bits per heavy atom. The van der Waals surface area contributed by atoms with Crippen LogP contribution in [0.2, 0.25) is 5.02 Å². The number of aromatic nitrogens is 1. The third-order valence-electron chi connectivity index (χ3n) is 10.7. The molecule has 2 atom stereocenters. The molecule has 4 aliphatic rings. The van der Waals surface area contributed by atoms with Crippen LogP contribution in [-0.4, -0.2) is 82.1 Å². The van der Waals surface area contributed by atoms with E-state index in [0.29, 0.717) is 58.4 Å². The highest BCUT2D eigenvalue weighted by molar-refractivity contribution is 6.36. The Balaban J connectivity index is 0.000000595. The number of fused-ring (bicyclic) bond motifs is 4. The molecule has 0 spiro atoms. The summed E-state index contributed by atoms with van der Waals surface area (Å²) in [5.74, 6) is 0.347. The summed E-state index contributed by atoms with van der Waals surface area (Å²) in [6.07, 6.45) is 13.9. The van der Waals surface area contributed by atoms with Crippen LogP contribution in [0.1, 0.15) is 103 Å². The normalized spacial score (nSPS) is 20.9. The molecule has 7 rings (SSSR count). The first-order valence-corrected chi connectivity index (χ1v) is 19.8. The summed E-state index contributed by atoms with van der Waals surface area (Å²) in [7, 11) is 0. The van der Waals surface area contributed by atoms with Crippen molar-refractivity contribution in [3.63, 3.8) is 0 Å². The third-order valence-corrected chi connectivity index (χ3v) is 11.0. The number of carbonyl (C=O) groups is 1. The molecule has 52 heavy (non-hydrogen) atoms. The summed E-state index contributed by atoms with van der Waals surface area (Å²) in [5, 5.41) is 14.0. The largest absolute Gasteiger partial charge is 0.481 e. The van der Waals surface area contributed by atoms with E-state index in [9.17, 15) is 4.79 Å². The van der Waals surface area contributed by atoms with Crippen molar-refractivity contribution in [2.24, 2.45) is 4.99 Å². The predicted molar refractivity (Wildman–Crippen MR) is 211 cm³/mol. The Kier molecular flexibility index (Phi) is 14.1. The van der Waals surface area contributed by atoms with Gasteiger partial charge in [-0.2, -0.15) is 4.99 Å². The van der Waals surface area contributed by atoms with Gasteiger partial charge < -0.3 is 20.1 Å². The van der Waals surface area contributed by atoms with Gasteiger partial charge in [-0.05, 0) is 94.5 Å². The van der Waals surface area contributed by atoms with Gasteiger partial charge in [0.05, 0.1) is 5.54 Å². The number of nitrogens with one attached hydrogen (secondary N) is 1. The van der Waals surface area contributed by atoms with Crippen LogP contribution in [0.5, 0.6) is 0 Å². The van der Waals surface area contributed by atoms with Crippen molar-refractivity contribution >= 4 is 34.2 Å². The topological polar surface area (TPSA) is 90.3 Å². The minimum Gasteiger partial charge on any atom is -0.481 e. The van der Waals surface area contributed by atoms with Gasteiger partial charge in [-0.15, -0.1) is 0 Å². The number of carboxylic acid groups (broad SMARTS) is 1. The molecule has 2 bridgehead atoms. The zero-order chi connectivity index (χ0) is 37.3. The molecule has 0 radical (unpaired) electrons. The lowest BCUT2D eigenvalue weighted by Crippen LogP contribution is -2.53. The molecule has 0 saturated carbocycles. The number of halogens is 2. The minimum absolute atomic E-state index is 0.125. The fraction of sp³-hybridized carbons (Fsp3) is 0.548. The first-order valence-electron chi connectivity index (χ1n) is 19.5. The van der Waals surface area contributed by atoms with Gasteiger partial charge >= 0.3 is 5.97 Å². The number of piperazine rings is 1. The number of pyridine rings is 1. The fourth-order valence-electron chi connectivity index (χ4n) is 8.15. The summed E-state index contributed by atoms with van der Waals surface area (Å²) < 4.78 is 23.1. The lowest BCUT2D eigenvalue weighted by atomic mass is 9.95. The van der Waals surface area contributed by atoms with E-state index in [-0.39, 0.29) is 11.4 Å². The summed E-state index contributed by atoms with van der Waals surface area (Å²) in [4.78, 5) is 24.6. The number of allylic oxidation sites excluding steroid dienone is 1. The van der Waals surface area contributed by atoms with E-state index in [0.717, 1.165) is 74.9 Å². The molecule has 2 N–H and O–H groups in total. The molecule has 8 nitrogen and oxygen atoms in total. The number of likely N-dealkylation sites (tertiary alicyclic amines) is 1. The van der Waals surface area contributed by atoms with Crippen molar-refractivity contribution in [3.8, 4) is 11.3 Å². The second kappa shape index (κ2) is 18.5. The maximum absolute atomic E-state index is 16.5. The van der Waals surface area contributed by atoms with Crippen LogP contribution in [0.15, 0.2) is 59.5 Å². The monoisotopic (exact) mass is 733 g/mol. The van der Waals surface area contributed by atoms with Crippen LogP contribution in [0.25, 0.3) is 22.0 Å². The van der Waals surface area contributed by atoms with E-state index in [2.05, 4.69) is 28.1 Å². The zero-order valence-corrected chi connectivity index (χ0v) is 32.4. The molecule has 10 heteroatoms. The fourth-order valence-corrected chi connectivity index (χ4v) is 8.43.